The minimum atomic E-state index is -0.754. The molecular formula is C26H26N2O3. The number of aromatic nitrogens is 1. The lowest BCUT2D eigenvalue weighted by atomic mass is 9.92. The number of rotatable bonds is 6. The third kappa shape index (κ3) is 3.79. The summed E-state index contributed by atoms with van der Waals surface area (Å²) in [5, 5.41) is 19.9. The molecule has 1 atom stereocenters. The average Bonchev–Trinajstić information content (AvgIpc) is 3.50. The van der Waals surface area contributed by atoms with Crippen molar-refractivity contribution in [2.45, 2.75) is 63.4 Å². The average molecular weight is 415 g/mol. The Balaban J connectivity index is 1.33. The summed E-state index contributed by atoms with van der Waals surface area (Å²) < 4.78 is 6.07. The van der Waals surface area contributed by atoms with Crippen LogP contribution in [0.15, 0.2) is 36.4 Å². The fourth-order valence-electron chi connectivity index (χ4n) is 5.38. The molecule has 31 heavy (non-hydrogen) atoms. The van der Waals surface area contributed by atoms with Crippen LogP contribution in [0.1, 0.15) is 78.3 Å². The van der Waals surface area contributed by atoms with Gasteiger partial charge < -0.3 is 14.8 Å². The molecule has 0 radical (unpaired) electrons. The molecule has 0 aliphatic heterocycles. The molecule has 2 aliphatic rings. The lowest BCUT2D eigenvalue weighted by molar-refractivity contribution is -0.137. The zero-order chi connectivity index (χ0) is 21.4. The minimum absolute atomic E-state index is 0.0621. The number of carboxylic acids is 1. The van der Waals surface area contributed by atoms with Gasteiger partial charge in [0.25, 0.3) is 0 Å². The fraction of sp³-hybridized carbons (Fsp3) is 0.385. The Labute approximate surface area is 181 Å². The molecule has 0 saturated heterocycles. The monoisotopic (exact) mass is 414 g/mol. The number of H-pyrrole nitrogens is 1. The number of aromatic amines is 1. The molecule has 158 valence electrons. The SMILES string of the molecule is N#Cc1cc(COc2ccc3[nH]c4c(c3c2)CCC4CC(=O)O)ccc1C1CCCC1. The highest BCUT2D eigenvalue weighted by atomic mass is 16.5. The van der Waals surface area contributed by atoms with Crippen LogP contribution in [0.3, 0.4) is 0 Å². The van der Waals surface area contributed by atoms with Gasteiger partial charge >= 0.3 is 5.97 Å². The van der Waals surface area contributed by atoms with Crippen LogP contribution in [-0.4, -0.2) is 16.1 Å². The van der Waals surface area contributed by atoms with Crippen LogP contribution in [0.4, 0.5) is 0 Å². The topological polar surface area (TPSA) is 86.1 Å². The van der Waals surface area contributed by atoms with Crippen molar-refractivity contribution in [2.24, 2.45) is 0 Å². The van der Waals surface area contributed by atoms with E-state index in [1.54, 1.807) is 0 Å². The van der Waals surface area contributed by atoms with E-state index in [1.807, 2.05) is 24.3 Å². The van der Waals surface area contributed by atoms with Crippen molar-refractivity contribution in [3.05, 3.63) is 64.3 Å². The molecule has 3 aromatic rings. The van der Waals surface area contributed by atoms with Crippen molar-refractivity contribution in [3.8, 4) is 11.8 Å². The van der Waals surface area contributed by atoms with Crippen molar-refractivity contribution in [2.75, 3.05) is 0 Å². The number of fused-ring (bicyclic) bond motifs is 3. The number of ether oxygens (including phenoxy) is 1. The Morgan fingerprint density at radius 3 is 2.77 bits per heavy atom. The molecule has 0 amide bonds. The predicted molar refractivity (Wildman–Crippen MR) is 118 cm³/mol. The lowest BCUT2D eigenvalue weighted by Gasteiger charge is -2.13. The van der Waals surface area contributed by atoms with Gasteiger partial charge in [-0.3, -0.25) is 4.79 Å². The maximum absolute atomic E-state index is 11.1. The summed E-state index contributed by atoms with van der Waals surface area (Å²) in [6, 6.07) is 14.5. The Morgan fingerprint density at radius 1 is 1.16 bits per heavy atom. The second-order valence-electron chi connectivity index (χ2n) is 8.86. The van der Waals surface area contributed by atoms with Gasteiger partial charge in [0, 0.05) is 22.5 Å². The molecule has 0 bridgehead atoms. The normalized spacial score (nSPS) is 18.2. The minimum Gasteiger partial charge on any atom is -0.489 e. The highest BCUT2D eigenvalue weighted by molar-refractivity contribution is 5.87. The van der Waals surface area contributed by atoms with E-state index in [0.717, 1.165) is 46.3 Å². The molecule has 1 aromatic heterocycles. The first-order valence-electron chi connectivity index (χ1n) is 11.1. The molecule has 0 spiro atoms. The maximum atomic E-state index is 11.1. The number of carbonyl (C=O) groups is 1. The van der Waals surface area contributed by atoms with E-state index in [0.29, 0.717) is 12.5 Å². The van der Waals surface area contributed by atoms with Crippen LogP contribution in [0.2, 0.25) is 0 Å². The van der Waals surface area contributed by atoms with E-state index in [-0.39, 0.29) is 12.3 Å². The smallest absolute Gasteiger partial charge is 0.304 e. The van der Waals surface area contributed by atoms with Gasteiger partial charge in [-0.2, -0.15) is 5.26 Å². The Morgan fingerprint density at radius 2 is 2.00 bits per heavy atom. The zero-order valence-electron chi connectivity index (χ0n) is 17.5. The number of nitrogens with zero attached hydrogens (tertiary/aromatic N) is 1. The molecule has 5 heteroatoms. The molecule has 1 fully saturated rings. The van der Waals surface area contributed by atoms with E-state index < -0.39 is 5.97 Å². The number of nitrogens with one attached hydrogen (secondary N) is 1. The molecular weight excluding hydrogens is 388 g/mol. The molecule has 2 N–H and O–H groups in total. The van der Waals surface area contributed by atoms with Crippen molar-refractivity contribution in [1.82, 2.24) is 4.98 Å². The van der Waals surface area contributed by atoms with Crippen LogP contribution in [0.5, 0.6) is 5.75 Å². The van der Waals surface area contributed by atoms with Gasteiger partial charge in [0.05, 0.1) is 18.1 Å². The largest absolute Gasteiger partial charge is 0.489 e. The Hall–Kier alpha value is -3.26. The van der Waals surface area contributed by atoms with Crippen molar-refractivity contribution >= 4 is 16.9 Å². The quantitative estimate of drug-likeness (QED) is 0.535. The molecule has 1 saturated carbocycles. The highest BCUT2D eigenvalue weighted by Gasteiger charge is 2.28. The van der Waals surface area contributed by atoms with Crippen LogP contribution < -0.4 is 4.74 Å². The number of hydrogen-bond acceptors (Lipinski definition) is 3. The fourth-order valence-corrected chi connectivity index (χ4v) is 5.38. The number of nitriles is 1. The first-order chi connectivity index (χ1) is 15.1. The second-order valence-corrected chi connectivity index (χ2v) is 8.86. The Bertz CT molecular complexity index is 1180. The Kier molecular flexibility index (Phi) is 5.15. The molecule has 5 rings (SSSR count). The number of benzene rings is 2. The highest BCUT2D eigenvalue weighted by Crippen LogP contribution is 2.40. The summed E-state index contributed by atoms with van der Waals surface area (Å²) >= 11 is 0. The van der Waals surface area contributed by atoms with E-state index in [4.69, 9.17) is 9.84 Å². The van der Waals surface area contributed by atoms with Gasteiger partial charge in [0.2, 0.25) is 0 Å². The molecule has 2 aliphatic carbocycles. The number of carboxylic acid groups (broad SMARTS) is 1. The van der Waals surface area contributed by atoms with Crippen molar-refractivity contribution in [1.29, 1.82) is 5.26 Å². The van der Waals surface area contributed by atoms with E-state index in [9.17, 15) is 10.1 Å². The van der Waals surface area contributed by atoms with E-state index in [2.05, 4.69) is 23.2 Å². The third-order valence-corrected chi connectivity index (χ3v) is 6.92. The summed E-state index contributed by atoms with van der Waals surface area (Å²) in [6.07, 6.45) is 6.80. The standard InChI is InChI=1S/C26H26N2O3/c27-14-19-11-16(5-8-21(19)17-3-1-2-4-17)15-31-20-7-10-24-23(13-20)22-9-6-18(12-25(29)30)26(22)28-24/h5,7-8,10-11,13,17-18,28H,1-4,6,9,12,15H2,(H,29,30). The predicted octanol–water partition coefficient (Wildman–Crippen LogP) is 5.78. The molecule has 1 heterocycles. The number of aliphatic carboxylic acids is 1. The third-order valence-electron chi connectivity index (χ3n) is 6.92. The van der Waals surface area contributed by atoms with Gasteiger partial charge in [0.15, 0.2) is 0 Å². The van der Waals surface area contributed by atoms with Gasteiger partial charge in [-0.05, 0) is 72.6 Å². The lowest BCUT2D eigenvalue weighted by Crippen LogP contribution is -2.03. The first kappa shape index (κ1) is 19.7. The summed E-state index contributed by atoms with van der Waals surface area (Å²) in [5.74, 6) is 0.616. The summed E-state index contributed by atoms with van der Waals surface area (Å²) in [4.78, 5) is 14.6. The zero-order valence-corrected chi connectivity index (χ0v) is 17.5. The summed E-state index contributed by atoms with van der Waals surface area (Å²) in [7, 11) is 0. The maximum Gasteiger partial charge on any atom is 0.304 e. The van der Waals surface area contributed by atoms with Crippen LogP contribution >= 0.6 is 0 Å². The second kappa shape index (κ2) is 8.11. The first-order valence-corrected chi connectivity index (χ1v) is 11.1. The van der Waals surface area contributed by atoms with Gasteiger partial charge in [-0.25, -0.2) is 0 Å². The summed E-state index contributed by atoms with van der Waals surface area (Å²) in [5.41, 5.74) is 6.27. The number of aryl methyl sites for hydroxylation is 1. The summed E-state index contributed by atoms with van der Waals surface area (Å²) in [6.45, 7) is 0.416. The van der Waals surface area contributed by atoms with E-state index in [1.165, 1.54) is 36.8 Å². The molecule has 1 unspecified atom stereocenters. The van der Waals surface area contributed by atoms with Crippen LogP contribution in [0.25, 0.3) is 10.9 Å². The van der Waals surface area contributed by atoms with Crippen molar-refractivity contribution in [3.63, 3.8) is 0 Å². The van der Waals surface area contributed by atoms with E-state index >= 15 is 0 Å². The molecule has 2 aromatic carbocycles. The molecule has 5 nitrogen and oxygen atoms in total. The van der Waals surface area contributed by atoms with Crippen molar-refractivity contribution < 1.29 is 14.6 Å². The van der Waals surface area contributed by atoms with Gasteiger partial charge in [-0.15, -0.1) is 0 Å². The van der Waals surface area contributed by atoms with Crippen LogP contribution in [-0.2, 0) is 17.8 Å². The van der Waals surface area contributed by atoms with Gasteiger partial charge in [0.1, 0.15) is 12.4 Å². The number of hydrogen-bond donors (Lipinski definition) is 2. The van der Waals surface area contributed by atoms with Gasteiger partial charge in [-0.1, -0.05) is 25.0 Å². The van der Waals surface area contributed by atoms with Crippen LogP contribution in [0, 0.1) is 11.3 Å².